The molecule has 3 rings (SSSR count). The number of rotatable bonds is 8. The number of esters is 1. The molecule has 4 amide bonds. The van der Waals surface area contributed by atoms with Crippen LogP contribution in [0.1, 0.15) is 40.0 Å². The predicted octanol–water partition coefficient (Wildman–Crippen LogP) is 3.21. The molecule has 2 aromatic rings. The van der Waals surface area contributed by atoms with Crippen LogP contribution in [0.2, 0.25) is 0 Å². The maximum absolute atomic E-state index is 12.6. The van der Waals surface area contributed by atoms with Gasteiger partial charge in [-0.1, -0.05) is 50.1 Å². The van der Waals surface area contributed by atoms with Crippen molar-refractivity contribution in [1.29, 1.82) is 0 Å². The van der Waals surface area contributed by atoms with Crippen molar-refractivity contribution in [1.82, 2.24) is 10.2 Å². The molecule has 2 N–H and O–H groups in total. The van der Waals surface area contributed by atoms with Crippen LogP contribution in [0.5, 0.6) is 0 Å². The summed E-state index contributed by atoms with van der Waals surface area (Å²) in [5, 5.41) is 7.36. The Morgan fingerprint density at radius 2 is 1.87 bits per heavy atom. The number of carbonyl (C=O) groups excluding carboxylic acids is 4. The number of anilines is 1. The molecular formula is C23H27N3O5. The minimum Gasteiger partial charge on any atom is -0.451 e. The summed E-state index contributed by atoms with van der Waals surface area (Å²) in [4.78, 5) is 50.3. The number of benzene rings is 2. The van der Waals surface area contributed by atoms with E-state index < -0.39 is 42.0 Å². The maximum Gasteiger partial charge on any atom is 0.327 e. The van der Waals surface area contributed by atoms with Gasteiger partial charge in [0.25, 0.3) is 11.8 Å². The lowest BCUT2D eigenvalue weighted by Crippen LogP contribution is -2.44. The normalized spacial score (nSPS) is 19.3. The number of unbranched alkanes of at least 4 members (excludes halogenated alkanes) is 1. The molecule has 1 heterocycles. The number of hydrogen-bond acceptors (Lipinski definition) is 5. The van der Waals surface area contributed by atoms with Gasteiger partial charge in [-0.2, -0.15) is 0 Å². The number of nitrogens with zero attached hydrogens (tertiary/aromatic N) is 1. The van der Waals surface area contributed by atoms with Crippen molar-refractivity contribution in [2.75, 3.05) is 11.9 Å². The molecule has 2 aromatic carbocycles. The molecule has 1 fully saturated rings. The molecule has 0 aromatic heterocycles. The van der Waals surface area contributed by atoms with E-state index in [0.29, 0.717) is 12.1 Å². The summed E-state index contributed by atoms with van der Waals surface area (Å²) in [6, 6.07) is 12.6. The molecule has 0 bridgehead atoms. The fourth-order valence-corrected chi connectivity index (χ4v) is 3.52. The van der Waals surface area contributed by atoms with Crippen molar-refractivity contribution in [3.8, 4) is 0 Å². The average molecular weight is 425 g/mol. The summed E-state index contributed by atoms with van der Waals surface area (Å²) in [5.74, 6) is -1.80. The number of urea groups is 1. The van der Waals surface area contributed by atoms with Gasteiger partial charge in [-0.25, -0.2) is 4.79 Å². The quantitative estimate of drug-likeness (QED) is 0.499. The van der Waals surface area contributed by atoms with Gasteiger partial charge in [0.05, 0.1) is 0 Å². The van der Waals surface area contributed by atoms with Gasteiger partial charge in [0.2, 0.25) is 0 Å². The van der Waals surface area contributed by atoms with E-state index in [9.17, 15) is 19.2 Å². The molecule has 2 atom stereocenters. The van der Waals surface area contributed by atoms with E-state index in [4.69, 9.17) is 4.74 Å². The van der Waals surface area contributed by atoms with Crippen molar-refractivity contribution < 1.29 is 23.9 Å². The Balaban J connectivity index is 1.56. The van der Waals surface area contributed by atoms with E-state index in [0.717, 1.165) is 28.5 Å². The molecule has 0 radical (unpaired) electrons. The predicted molar refractivity (Wildman–Crippen MR) is 116 cm³/mol. The largest absolute Gasteiger partial charge is 0.451 e. The van der Waals surface area contributed by atoms with Gasteiger partial charge in [0, 0.05) is 5.69 Å². The second-order valence-electron chi connectivity index (χ2n) is 7.94. The van der Waals surface area contributed by atoms with Crippen LogP contribution in [0, 0.1) is 0 Å². The van der Waals surface area contributed by atoms with E-state index in [1.165, 1.54) is 6.92 Å². The highest BCUT2D eigenvalue weighted by atomic mass is 16.5. The summed E-state index contributed by atoms with van der Waals surface area (Å²) >= 11 is 0. The third-order valence-corrected chi connectivity index (χ3v) is 5.36. The Hall–Kier alpha value is -3.42. The lowest BCUT2D eigenvalue weighted by atomic mass is 9.95. The Kier molecular flexibility index (Phi) is 6.58. The fourth-order valence-electron chi connectivity index (χ4n) is 3.52. The number of nitrogens with one attached hydrogen (secondary N) is 2. The number of imide groups is 1. The van der Waals surface area contributed by atoms with E-state index in [1.807, 2.05) is 43.3 Å². The Morgan fingerprint density at radius 1 is 1.16 bits per heavy atom. The third-order valence-electron chi connectivity index (χ3n) is 5.36. The van der Waals surface area contributed by atoms with Crippen LogP contribution >= 0.6 is 0 Å². The molecule has 31 heavy (non-hydrogen) atoms. The van der Waals surface area contributed by atoms with Gasteiger partial charge in [-0.15, -0.1) is 0 Å². The van der Waals surface area contributed by atoms with Crippen molar-refractivity contribution in [2.24, 2.45) is 0 Å². The van der Waals surface area contributed by atoms with Gasteiger partial charge in [0.15, 0.2) is 6.10 Å². The molecule has 0 unspecified atom stereocenters. The topological polar surface area (TPSA) is 105 Å². The molecule has 1 aliphatic rings. The van der Waals surface area contributed by atoms with Crippen molar-refractivity contribution in [2.45, 2.75) is 51.7 Å². The molecule has 164 valence electrons. The van der Waals surface area contributed by atoms with Crippen LogP contribution in [0.4, 0.5) is 10.5 Å². The standard InChI is InChI=1S/C23H27N3O5/c1-4-5-12-23(3)21(29)26(22(30)25-23)14-19(27)31-15(2)20(28)24-18-11-10-16-8-6-7-9-17(16)13-18/h6-11,13,15H,4-5,12,14H2,1-3H3,(H,24,28)(H,25,30)/t15-,23-/m0/s1. The lowest BCUT2D eigenvalue weighted by molar-refractivity contribution is -0.155. The van der Waals surface area contributed by atoms with Crippen molar-refractivity contribution >= 4 is 40.3 Å². The number of amides is 4. The highest BCUT2D eigenvalue weighted by Gasteiger charge is 2.48. The van der Waals surface area contributed by atoms with Crippen molar-refractivity contribution in [3.63, 3.8) is 0 Å². The third kappa shape index (κ3) is 5.02. The zero-order chi connectivity index (χ0) is 22.6. The van der Waals surface area contributed by atoms with Crippen LogP contribution in [0.15, 0.2) is 42.5 Å². The summed E-state index contributed by atoms with van der Waals surface area (Å²) in [5.41, 5.74) is -0.445. The van der Waals surface area contributed by atoms with Crippen LogP contribution in [-0.4, -0.2) is 46.9 Å². The highest BCUT2D eigenvalue weighted by Crippen LogP contribution is 2.23. The van der Waals surface area contributed by atoms with Crippen LogP contribution in [0.25, 0.3) is 10.8 Å². The number of carbonyl (C=O) groups is 4. The van der Waals surface area contributed by atoms with E-state index in [1.54, 1.807) is 13.0 Å². The first-order chi connectivity index (χ1) is 14.7. The minimum atomic E-state index is -1.09. The lowest BCUT2D eigenvalue weighted by Gasteiger charge is -2.21. The summed E-state index contributed by atoms with van der Waals surface area (Å²) < 4.78 is 5.15. The average Bonchev–Trinajstić information content (AvgIpc) is 2.95. The molecular weight excluding hydrogens is 398 g/mol. The molecule has 0 saturated carbocycles. The molecule has 8 heteroatoms. The molecule has 0 spiro atoms. The minimum absolute atomic E-state index is 0.462. The first-order valence-corrected chi connectivity index (χ1v) is 10.4. The summed E-state index contributed by atoms with van der Waals surface area (Å²) in [7, 11) is 0. The van der Waals surface area contributed by atoms with Crippen LogP contribution < -0.4 is 10.6 Å². The van der Waals surface area contributed by atoms with Gasteiger partial charge in [-0.3, -0.25) is 19.3 Å². The maximum atomic E-state index is 12.6. The zero-order valence-corrected chi connectivity index (χ0v) is 17.9. The number of ether oxygens (including phenoxy) is 1. The first-order valence-electron chi connectivity index (χ1n) is 10.4. The molecule has 0 aliphatic carbocycles. The second-order valence-corrected chi connectivity index (χ2v) is 7.94. The Bertz CT molecular complexity index is 1020. The van der Waals surface area contributed by atoms with Crippen LogP contribution in [-0.2, 0) is 19.1 Å². The SMILES string of the molecule is CCCC[C@]1(C)NC(=O)N(CC(=O)O[C@@H](C)C(=O)Nc2ccc3ccccc3c2)C1=O. The number of fused-ring (bicyclic) bond motifs is 1. The molecule has 1 aliphatic heterocycles. The van der Waals surface area contributed by atoms with E-state index >= 15 is 0 Å². The van der Waals surface area contributed by atoms with E-state index in [2.05, 4.69) is 10.6 Å². The van der Waals surface area contributed by atoms with Gasteiger partial charge >= 0.3 is 12.0 Å². The number of hydrogen-bond donors (Lipinski definition) is 2. The van der Waals surface area contributed by atoms with E-state index in [-0.39, 0.29) is 0 Å². The summed E-state index contributed by atoms with van der Waals surface area (Å²) in [6.45, 7) is 4.53. The second kappa shape index (κ2) is 9.16. The van der Waals surface area contributed by atoms with Gasteiger partial charge in [-0.05, 0) is 43.2 Å². The fraction of sp³-hybridized carbons (Fsp3) is 0.391. The molecule has 8 nitrogen and oxygen atoms in total. The monoisotopic (exact) mass is 425 g/mol. The van der Waals surface area contributed by atoms with Crippen molar-refractivity contribution in [3.05, 3.63) is 42.5 Å². The van der Waals surface area contributed by atoms with Gasteiger partial charge < -0.3 is 15.4 Å². The smallest absolute Gasteiger partial charge is 0.327 e. The van der Waals surface area contributed by atoms with Crippen LogP contribution in [0.3, 0.4) is 0 Å². The zero-order valence-electron chi connectivity index (χ0n) is 17.9. The molecule has 1 saturated heterocycles. The summed E-state index contributed by atoms with van der Waals surface area (Å²) in [6.07, 6.45) is 1.05. The Morgan fingerprint density at radius 3 is 2.58 bits per heavy atom. The Labute approximate surface area is 180 Å². The first kappa shape index (κ1) is 22.3. The van der Waals surface area contributed by atoms with Gasteiger partial charge in [0.1, 0.15) is 12.1 Å². The highest BCUT2D eigenvalue weighted by molar-refractivity contribution is 6.08.